The summed E-state index contributed by atoms with van der Waals surface area (Å²) in [5, 5.41) is 2.79. The first kappa shape index (κ1) is 21.2. The number of carbonyl (C=O) groups is 2. The number of amides is 2. The highest BCUT2D eigenvalue weighted by Gasteiger charge is 2.22. The molecule has 0 radical (unpaired) electrons. The molecule has 150 valence electrons. The minimum absolute atomic E-state index is 0.0679. The smallest absolute Gasteiger partial charge is 0.274 e. The van der Waals surface area contributed by atoms with Crippen LogP contribution in [0.3, 0.4) is 0 Å². The van der Waals surface area contributed by atoms with Crippen molar-refractivity contribution >= 4 is 17.5 Å². The van der Waals surface area contributed by atoms with Crippen molar-refractivity contribution in [1.82, 2.24) is 9.47 Å². The second-order valence-electron chi connectivity index (χ2n) is 7.53. The van der Waals surface area contributed by atoms with Crippen molar-refractivity contribution in [2.75, 3.05) is 18.4 Å². The predicted octanol–water partition coefficient (Wildman–Crippen LogP) is 3.56. The van der Waals surface area contributed by atoms with Gasteiger partial charge >= 0.3 is 0 Å². The van der Waals surface area contributed by atoms with E-state index in [1.165, 1.54) is 4.57 Å². The van der Waals surface area contributed by atoms with E-state index >= 15 is 0 Å². The van der Waals surface area contributed by atoms with Crippen molar-refractivity contribution in [2.45, 2.75) is 65.2 Å². The number of pyridine rings is 1. The Bertz CT molecular complexity index is 697. The van der Waals surface area contributed by atoms with Crippen LogP contribution in [0.2, 0.25) is 0 Å². The summed E-state index contributed by atoms with van der Waals surface area (Å²) >= 11 is 0. The molecule has 0 bridgehead atoms. The third-order valence-corrected chi connectivity index (χ3v) is 5.23. The maximum absolute atomic E-state index is 12.9. The SMILES string of the molecule is CCCC(CCC)C(=O)Nc1cc(C(=O)N2CCCCCC2)cn(C)c1=O. The van der Waals surface area contributed by atoms with E-state index < -0.39 is 0 Å². The Morgan fingerprint density at radius 3 is 2.22 bits per heavy atom. The standard InChI is InChI=1S/C21H33N3O3/c1-4-10-16(11-5-2)19(25)22-18-14-17(15-23(3)21(18)27)20(26)24-12-8-6-7-9-13-24/h14-16H,4-13H2,1-3H3,(H,22,25). The Morgan fingerprint density at radius 1 is 1.07 bits per heavy atom. The second-order valence-corrected chi connectivity index (χ2v) is 7.53. The van der Waals surface area contributed by atoms with Gasteiger partial charge in [0.1, 0.15) is 5.69 Å². The average molecular weight is 376 g/mol. The molecule has 0 unspecified atom stereocenters. The van der Waals surface area contributed by atoms with Crippen LogP contribution in [0, 0.1) is 5.92 Å². The molecule has 2 heterocycles. The summed E-state index contributed by atoms with van der Waals surface area (Å²) < 4.78 is 1.38. The van der Waals surface area contributed by atoms with Crippen molar-refractivity contribution in [1.29, 1.82) is 0 Å². The summed E-state index contributed by atoms with van der Waals surface area (Å²) in [5.41, 5.74) is 0.361. The van der Waals surface area contributed by atoms with Crippen molar-refractivity contribution < 1.29 is 9.59 Å². The van der Waals surface area contributed by atoms with Gasteiger partial charge in [-0.2, -0.15) is 0 Å². The Hall–Kier alpha value is -2.11. The number of hydrogen-bond donors (Lipinski definition) is 1. The number of aromatic nitrogens is 1. The molecule has 0 atom stereocenters. The van der Waals surface area contributed by atoms with E-state index in [0.717, 1.165) is 64.5 Å². The third kappa shape index (κ3) is 5.68. The van der Waals surface area contributed by atoms with Crippen LogP contribution in [0.1, 0.15) is 75.6 Å². The zero-order valence-electron chi connectivity index (χ0n) is 16.9. The van der Waals surface area contributed by atoms with Crippen LogP contribution in [-0.4, -0.2) is 34.4 Å². The number of nitrogens with zero attached hydrogens (tertiary/aromatic N) is 2. The Balaban J connectivity index is 2.23. The van der Waals surface area contributed by atoms with E-state index in [1.54, 1.807) is 19.3 Å². The molecule has 2 amide bonds. The molecule has 1 aliphatic rings. The molecule has 1 aromatic heterocycles. The summed E-state index contributed by atoms with van der Waals surface area (Å²) in [6, 6.07) is 1.54. The molecule has 1 fully saturated rings. The maximum atomic E-state index is 12.9. The second kappa shape index (κ2) is 10.3. The first-order chi connectivity index (χ1) is 13.0. The summed E-state index contributed by atoms with van der Waals surface area (Å²) in [4.78, 5) is 39.8. The lowest BCUT2D eigenvalue weighted by Crippen LogP contribution is -2.34. The molecule has 0 aliphatic carbocycles. The number of rotatable bonds is 7. The Morgan fingerprint density at radius 2 is 1.67 bits per heavy atom. The highest BCUT2D eigenvalue weighted by molar-refractivity contribution is 5.97. The number of hydrogen-bond acceptors (Lipinski definition) is 3. The fourth-order valence-corrected chi connectivity index (χ4v) is 3.71. The lowest BCUT2D eigenvalue weighted by Gasteiger charge is -2.21. The van der Waals surface area contributed by atoms with Crippen LogP contribution in [0.4, 0.5) is 5.69 Å². The van der Waals surface area contributed by atoms with E-state index in [-0.39, 0.29) is 29.0 Å². The number of likely N-dealkylation sites (tertiary alicyclic amines) is 1. The van der Waals surface area contributed by atoms with Crippen LogP contribution < -0.4 is 10.9 Å². The number of carbonyl (C=O) groups excluding carboxylic acids is 2. The molecule has 1 N–H and O–H groups in total. The quantitative estimate of drug-likeness (QED) is 0.792. The molecule has 1 saturated heterocycles. The molecular weight excluding hydrogens is 342 g/mol. The van der Waals surface area contributed by atoms with Gasteiger partial charge in [0.2, 0.25) is 5.91 Å². The fourth-order valence-electron chi connectivity index (χ4n) is 3.71. The maximum Gasteiger partial charge on any atom is 0.274 e. The third-order valence-electron chi connectivity index (χ3n) is 5.23. The van der Waals surface area contributed by atoms with Crippen LogP contribution in [0.25, 0.3) is 0 Å². The molecule has 0 saturated carbocycles. The minimum Gasteiger partial charge on any atom is -0.339 e. The highest BCUT2D eigenvalue weighted by Crippen LogP contribution is 2.18. The molecule has 1 aliphatic heterocycles. The normalized spacial score (nSPS) is 14.9. The van der Waals surface area contributed by atoms with Crippen LogP contribution in [0.15, 0.2) is 17.1 Å². The summed E-state index contributed by atoms with van der Waals surface area (Å²) in [5.74, 6) is -0.300. The first-order valence-electron chi connectivity index (χ1n) is 10.3. The van der Waals surface area contributed by atoms with E-state index in [4.69, 9.17) is 0 Å². The number of aryl methyl sites for hydroxylation is 1. The largest absolute Gasteiger partial charge is 0.339 e. The van der Waals surface area contributed by atoms with Gasteiger partial charge in [0.05, 0.1) is 5.56 Å². The van der Waals surface area contributed by atoms with Crippen LogP contribution in [-0.2, 0) is 11.8 Å². The van der Waals surface area contributed by atoms with E-state index in [0.29, 0.717) is 5.56 Å². The summed E-state index contributed by atoms with van der Waals surface area (Å²) in [7, 11) is 1.62. The first-order valence-corrected chi connectivity index (χ1v) is 10.3. The predicted molar refractivity (Wildman–Crippen MR) is 108 cm³/mol. The van der Waals surface area contributed by atoms with Crippen molar-refractivity contribution in [3.8, 4) is 0 Å². The van der Waals surface area contributed by atoms with E-state index in [2.05, 4.69) is 19.2 Å². The van der Waals surface area contributed by atoms with Crippen LogP contribution in [0.5, 0.6) is 0 Å². The number of nitrogens with one attached hydrogen (secondary N) is 1. The van der Waals surface area contributed by atoms with Crippen LogP contribution >= 0.6 is 0 Å². The fraction of sp³-hybridized carbons (Fsp3) is 0.667. The zero-order valence-corrected chi connectivity index (χ0v) is 16.9. The molecule has 6 heteroatoms. The van der Waals surface area contributed by atoms with Gasteiger partial charge in [-0.3, -0.25) is 14.4 Å². The lowest BCUT2D eigenvalue weighted by atomic mass is 9.97. The molecule has 27 heavy (non-hydrogen) atoms. The lowest BCUT2D eigenvalue weighted by molar-refractivity contribution is -0.120. The van der Waals surface area contributed by atoms with E-state index in [9.17, 15) is 14.4 Å². The molecule has 1 aromatic rings. The van der Waals surface area contributed by atoms with Gasteiger partial charge < -0.3 is 14.8 Å². The molecule has 6 nitrogen and oxygen atoms in total. The minimum atomic E-state index is -0.289. The number of anilines is 1. The van der Waals surface area contributed by atoms with Gasteiger partial charge in [-0.25, -0.2) is 0 Å². The van der Waals surface area contributed by atoms with Gasteiger partial charge in [0.25, 0.3) is 11.5 Å². The molecule has 2 rings (SSSR count). The van der Waals surface area contributed by atoms with Crippen molar-refractivity contribution in [2.24, 2.45) is 13.0 Å². The van der Waals surface area contributed by atoms with Gasteiger partial charge in [-0.1, -0.05) is 39.5 Å². The Labute approximate surface area is 161 Å². The highest BCUT2D eigenvalue weighted by atomic mass is 16.2. The van der Waals surface area contributed by atoms with Gasteiger partial charge in [0, 0.05) is 32.3 Å². The van der Waals surface area contributed by atoms with Gasteiger partial charge in [0.15, 0.2) is 0 Å². The van der Waals surface area contributed by atoms with Gasteiger partial charge in [-0.15, -0.1) is 0 Å². The Kier molecular flexibility index (Phi) is 8.07. The van der Waals surface area contributed by atoms with E-state index in [1.807, 2.05) is 4.90 Å². The summed E-state index contributed by atoms with van der Waals surface area (Å²) in [6.45, 7) is 5.60. The molecule has 0 spiro atoms. The average Bonchev–Trinajstić information content (AvgIpc) is 2.93. The van der Waals surface area contributed by atoms with Gasteiger partial charge in [-0.05, 0) is 31.7 Å². The summed E-state index contributed by atoms with van der Waals surface area (Å²) in [6.07, 6.45) is 9.32. The van der Waals surface area contributed by atoms with Crippen molar-refractivity contribution in [3.63, 3.8) is 0 Å². The zero-order chi connectivity index (χ0) is 19.8. The molecule has 0 aromatic carbocycles. The topological polar surface area (TPSA) is 71.4 Å². The molecular formula is C21H33N3O3. The van der Waals surface area contributed by atoms with Crippen molar-refractivity contribution in [3.05, 3.63) is 28.2 Å². The monoisotopic (exact) mass is 375 g/mol.